The molecule has 10 heteroatoms. The van der Waals surface area contributed by atoms with Crippen molar-refractivity contribution in [3.63, 3.8) is 0 Å². The van der Waals surface area contributed by atoms with Gasteiger partial charge in [-0.1, -0.05) is 42.2 Å². The SMILES string of the molecule is CN(C)c1cc(C#CCC(C)(N)Cc2ccccc2)c(O)c2c1C[C@H]1C[C@H]3[C@H](N(C)C)C(O)=C(C(N)=O)C4O[C@@]43C(O)=C1C2=O. The summed E-state index contributed by atoms with van der Waals surface area (Å²) in [6.45, 7) is 1.93. The Morgan fingerprint density at radius 1 is 1.16 bits per heavy atom. The number of aliphatic hydroxyl groups is 2. The van der Waals surface area contributed by atoms with Crippen molar-refractivity contribution in [2.75, 3.05) is 33.1 Å². The Kier molecular flexibility index (Phi) is 7.27. The summed E-state index contributed by atoms with van der Waals surface area (Å²) in [5.41, 5.74) is 13.2. The molecule has 0 radical (unpaired) electrons. The van der Waals surface area contributed by atoms with Crippen molar-refractivity contribution in [3.05, 3.63) is 81.3 Å². The number of benzene rings is 2. The van der Waals surface area contributed by atoms with E-state index in [4.69, 9.17) is 16.2 Å². The molecule has 2 unspecified atom stereocenters. The fourth-order valence-electron chi connectivity index (χ4n) is 7.75. The van der Waals surface area contributed by atoms with Crippen LogP contribution in [-0.4, -0.2) is 83.4 Å². The summed E-state index contributed by atoms with van der Waals surface area (Å²) >= 11 is 0. The Hall–Kier alpha value is -4.30. The molecule has 1 fully saturated rings. The molecular formula is C35H40N4O6. The Balaban J connectivity index is 1.40. The molecule has 1 saturated heterocycles. The highest BCUT2D eigenvalue weighted by Crippen LogP contribution is 2.63. The van der Waals surface area contributed by atoms with E-state index in [2.05, 4.69) is 11.8 Å². The first-order valence-electron chi connectivity index (χ1n) is 15.1. The number of rotatable bonds is 6. The van der Waals surface area contributed by atoms with Gasteiger partial charge in [0.1, 0.15) is 23.4 Å². The first-order chi connectivity index (χ1) is 21.2. The number of hydrogen-bond donors (Lipinski definition) is 5. The Morgan fingerprint density at radius 3 is 2.47 bits per heavy atom. The largest absolute Gasteiger partial charge is 0.510 e. The molecule has 2 aromatic carbocycles. The van der Waals surface area contributed by atoms with E-state index in [9.17, 15) is 24.9 Å². The van der Waals surface area contributed by atoms with Gasteiger partial charge in [-0.05, 0) is 63.4 Å². The van der Waals surface area contributed by atoms with Crippen molar-refractivity contribution in [2.24, 2.45) is 23.3 Å². The number of nitrogens with zero attached hydrogens (tertiary/aromatic N) is 2. The number of aromatic hydroxyl groups is 1. The zero-order valence-electron chi connectivity index (χ0n) is 26.2. The number of primary amides is 1. The summed E-state index contributed by atoms with van der Waals surface area (Å²) in [5.74, 6) is 3.32. The third-order valence-corrected chi connectivity index (χ3v) is 9.74. The number of phenols is 1. The molecule has 45 heavy (non-hydrogen) atoms. The third kappa shape index (κ3) is 4.78. The highest BCUT2D eigenvalue weighted by atomic mass is 16.6. The Morgan fingerprint density at radius 2 is 1.84 bits per heavy atom. The third-order valence-electron chi connectivity index (χ3n) is 9.74. The fourth-order valence-corrected chi connectivity index (χ4v) is 7.75. The molecule has 236 valence electrons. The first kappa shape index (κ1) is 30.7. The molecular weight excluding hydrogens is 572 g/mol. The average molecular weight is 613 g/mol. The number of fused-ring (bicyclic) bond motifs is 2. The lowest BCUT2D eigenvalue weighted by Crippen LogP contribution is -2.54. The van der Waals surface area contributed by atoms with Crippen molar-refractivity contribution in [1.29, 1.82) is 0 Å². The standard InChI is InChI=1S/C35H40N4O6/c1-34(37,17-18-10-7-6-8-11-18)13-9-12-19-16-23(38(2)3)21-14-20-15-22-27(39(4)5)30(42)26(33(36)44)32-35(22,45-32)31(43)24(20)29(41)25(21)28(19)40/h6-8,10-11,16,20,22,27,32,40,42-43H,13-15,17,37H2,1-5H3,(H2,36,44)/t20-,22-,27-,32?,34?,35-/m0/s1. The number of nitrogens with two attached hydrogens (primary N) is 2. The number of hydrogen-bond acceptors (Lipinski definition) is 9. The van der Waals surface area contributed by atoms with E-state index in [0.717, 1.165) is 11.3 Å². The van der Waals surface area contributed by atoms with Crippen LogP contribution in [-0.2, 0) is 22.4 Å². The number of carbonyl (C=O) groups is 2. The van der Waals surface area contributed by atoms with Gasteiger partial charge in [0.2, 0.25) is 0 Å². The van der Waals surface area contributed by atoms with Crippen LogP contribution >= 0.6 is 0 Å². The lowest BCUT2D eigenvalue weighted by atomic mass is 9.61. The number of carbonyl (C=O) groups excluding carboxylic acids is 2. The highest BCUT2D eigenvalue weighted by molar-refractivity contribution is 6.15. The van der Waals surface area contributed by atoms with E-state index in [-0.39, 0.29) is 34.0 Å². The summed E-state index contributed by atoms with van der Waals surface area (Å²) < 4.78 is 6.02. The molecule has 7 N–H and O–H groups in total. The van der Waals surface area contributed by atoms with Crippen LogP contribution in [0.3, 0.4) is 0 Å². The van der Waals surface area contributed by atoms with Gasteiger partial charge in [0.25, 0.3) is 5.91 Å². The zero-order valence-corrected chi connectivity index (χ0v) is 26.2. The van der Waals surface area contributed by atoms with E-state index < -0.39 is 46.8 Å². The number of phenolic OH excluding ortho intramolecular Hbond substituents is 1. The van der Waals surface area contributed by atoms with Gasteiger partial charge in [-0.2, -0.15) is 0 Å². The van der Waals surface area contributed by atoms with Crippen molar-refractivity contribution < 1.29 is 29.6 Å². The van der Waals surface area contributed by atoms with Crippen LogP contribution in [0.5, 0.6) is 5.75 Å². The molecule has 6 atom stereocenters. The number of epoxide rings is 1. The second-order valence-corrected chi connectivity index (χ2v) is 13.5. The molecule has 0 saturated carbocycles. The van der Waals surface area contributed by atoms with Crippen LogP contribution in [0.25, 0.3) is 0 Å². The number of ketones is 1. The topological polar surface area (TPSA) is 166 Å². The van der Waals surface area contributed by atoms with Crippen molar-refractivity contribution in [1.82, 2.24) is 4.90 Å². The van der Waals surface area contributed by atoms with E-state index in [1.165, 1.54) is 0 Å². The molecule has 1 spiro atoms. The second-order valence-electron chi connectivity index (χ2n) is 13.5. The maximum absolute atomic E-state index is 14.3. The van der Waals surface area contributed by atoms with Gasteiger partial charge in [-0.25, -0.2) is 0 Å². The number of anilines is 1. The normalized spacial score (nSPS) is 27.8. The number of amides is 1. The minimum atomic E-state index is -1.35. The van der Waals surface area contributed by atoms with Crippen LogP contribution in [0, 0.1) is 23.7 Å². The average Bonchev–Trinajstić information content (AvgIpc) is 3.69. The van der Waals surface area contributed by atoms with Crippen LogP contribution in [0.4, 0.5) is 5.69 Å². The molecule has 1 amide bonds. The Labute approximate surface area is 262 Å². The zero-order chi connectivity index (χ0) is 32.6. The second kappa shape index (κ2) is 10.7. The summed E-state index contributed by atoms with van der Waals surface area (Å²) in [5, 5.41) is 34.4. The minimum Gasteiger partial charge on any atom is -0.510 e. The summed E-state index contributed by atoms with van der Waals surface area (Å²) in [6.07, 6.45) is 0.808. The van der Waals surface area contributed by atoms with Crippen LogP contribution in [0.15, 0.2) is 59.1 Å². The van der Waals surface area contributed by atoms with Crippen molar-refractivity contribution in [3.8, 4) is 17.6 Å². The number of aliphatic hydroxyl groups excluding tert-OH is 2. The van der Waals surface area contributed by atoms with Gasteiger partial charge in [-0.3, -0.25) is 14.5 Å². The van der Waals surface area contributed by atoms with Crippen LogP contribution < -0.4 is 16.4 Å². The van der Waals surface area contributed by atoms with E-state index in [0.29, 0.717) is 36.8 Å². The molecule has 3 aliphatic carbocycles. The number of Topliss-reactive ketones (excluding diaryl/α,β-unsaturated/α-hetero) is 1. The maximum atomic E-state index is 14.3. The number of allylic oxidation sites excluding steroid dienone is 1. The molecule has 0 bridgehead atoms. The number of ether oxygens (including phenoxy) is 1. The van der Waals surface area contributed by atoms with Gasteiger partial charge in [-0.15, -0.1) is 0 Å². The molecule has 4 aliphatic rings. The van der Waals surface area contributed by atoms with Gasteiger partial charge in [0.15, 0.2) is 11.4 Å². The van der Waals surface area contributed by atoms with E-state index in [1.807, 2.05) is 56.3 Å². The van der Waals surface area contributed by atoms with Crippen LogP contribution in [0.2, 0.25) is 0 Å². The Bertz CT molecular complexity index is 1730. The van der Waals surface area contributed by atoms with Gasteiger partial charge in [0, 0.05) is 43.2 Å². The molecule has 10 nitrogen and oxygen atoms in total. The summed E-state index contributed by atoms with van der Waals surface area (Å²) in [4.78, 5) is 30.3. The number of likely N-dealkylation sites (N-methyl/N-ethyl adjacent to an activating group) is 1. The molecule has 6 rings (SSSR count). The van der Waals surface area contributed by atoms with Gasteiger partial charge < -0.3 is 36.4 Å². The van der Waals surface area contributed by atoms with Crippen LogP contribution in [0.1, 0.15) is 46.8 Å². The predicted molar refractivity (Wildman–Crippen MR) is 170 cm³/mol. The lowest BCUT2D eigenvalue weighted by molar-refractivity contribution is -0.115. The highest BCUT2D eigenvalue weighted by Gasteiger charge is 2.75. The molecule has 1 aliphatic heterocycles. The minimum absolute atomic E-state index is 0.0892. The summed E-state index contributed by atoms with van der Waals surface area (Å²) in [7, 11) is 7.27. The summed E-state index contributed by atoms with van der Waals surface area (Å²) in [6, 6.07) is 11.1. The van der Waals surface area contributed by atoms with E-state index in [1.54, 1.807) is 25.1 Å². The molecule has 1 heterocycles. The van der Waals surface area contributed by atoms with Gasteiger partial charge in [0.05, 0.1) is 22.7 Å². The predicted octanol–water partition coefficient (Wildman–Crippen LogP) is 2.73. The van der Waals surface area contributed by atoms with Crippen molar-refractivity contribution >= 4 is 17.4 Å². The molecule has 0 aromatic heterocycles. The first-order valence-corrected chi connectivity index (χ1v) is 15.1. The maximum Gasteiger partial charge on any atom is 0.250 e. The fraction of sp³-hybridized carbons (Fsp3) is 0.429. The monoisotopic (exact) mass is 612 g/mol. The van der Waals surface area contributed by atoms with Crippen molar-refractivity contribution in [2.45, 2.75) is 55.9 Å². The smallest absolute Gasteiger partial charge is 0.250 e. The molecule has 2 aromatic rings. The lowest BCUT2D eigenvalue weighted by Gasteiger charge is -2.45. The van der Waals surface area contributed by atoms with E-state index >= 15 is 0 Å². The quantitative estimate of drug-likeness (QED) is 0.244. The van der Waals surface area contributed by atoms with Gasteiger partial charge >= 0.3 is 0 Å².